The number of pyridine rings is 1. The van der Waals surface area contributed by atoms with E-state index in [1.54, 1.807) is 12.3 Å². The molecule has 0 aromatic carbocycles. The summed E-state index contributed by atoms with van der Waals surface area (Å²) in [4.78, 5) is 13.2. The number of ether oxygens (including phenoxy) is 1. The minimum atomic E-state index is -1.44. The Balaban J connectivity index is 1.61. The monoisotopic (exact) mass is 425 g/mol. The summed E-state index contributed by atoms with van der Waals surface area (Å²) in [6.45, 7) is 6.88. The smallest absolute Gasteiger partial charge is 0.224 e. The number of nitrogens with zero attached hydrogens (tertiary/aromatic N) is 3. The normalized spacial score (nSPS) is 28.3. The average Bonchev–Trinajstić information content (AvgIpc) is 3.16. The van der Waals surface area contributed by atoms with Crippen molar-refractivity contribution in [3.05, 3.63) is 35.2 Å². The van der Waals surface area contributed by atoms with Crippen molar-refractivity contribution in [2.45, 2.75) is 51.0 Å². The highest BCUT2D eigenvalue weighted by Crippen LogP contribution is 2.56. The van der Waals surface area contributed by atoms with Crippen molar-refractivity contribution >= 4 is 11.8 Å². The number of fused-ring (bicyclic) bond motifs is 1. The second-order valence-electron chi connectivity index (χ2n) is 7.82. The van der Waals surface area contributed by atoms with Crippen LogP contribution in [0.5, 0.6) is 5.88 Å². The number of hydrogen-bond acceptors (Lipinski definition) is 9. The van der Waals surface area contributed by atoms with Crippen LogP contribution in [-0.4, -0.2) is 67.3 Å². The molecule has 2 heterocycles. The van der Waals surface area contributed by atoms with Crippen molar-refractivity contribution < 1.29 is 20.1 Å². The van der Waals surface area contributed by atoms with Gasteiger partial charge in [0.1, 0.15) is 17.5 Å². The first-order chi connectivity index (χ1) is 14.9. The molecule has 0 bridgehead atoms. The van der Waals surface area contributed by atoms with E-state index in [-0.39, 0.29) is 5.92 Å². The molecule has 2 aliphatic carbocycles. The van der Waals surface area contributed by atoms with E-state index in [2.05, 4.69) is 37.4 Å². The predicted molar refractivity (Wildman–Crippen MR) is 115 cm³/mol. The van der Waals surface area contributed by atoms with E-state index in [0.29, 0.717) is 54.0 Å². The minimum Gasteiger partial charge on any atom is -0.478 e. The van der Waals surface area contributed by atoms with Crippen LogP contribution < -0.4 is 15.4 Å². The number of nitrogens with one attached hydrogen (secondary N) is 2. The van der Waals surface area contributed by atoms with Crippen molar-refractivity contribution in [2.75, 3.05) is 23.8 Å². The zero-order chi connectivity index (χ0) is 22.2. The van der Waals surface area contributed by atoms with Gasteiger partial charge in [0.15, 0.2) is 0 Å². The summed E-state index contributed by atoms with van der Waals surface area (Å²) in [5.41, 5.74) is 0.542. The summed E-state index contributed by atoms with van der Waals surface area (Å²) in [6.07, 6.45) is 0.103. The quantitative estimate of drug-likeness (QED) is 0.424. The maximum absolute atomic E-state index is 10.5. The lowest BCUT2D eigenvalue weighted by molar-refractivity contribution is -0.0262. The fraction of sp³-hybridized carbons (Fsp3) is 0.500. The first-order valence-electron chi connectivity index (χ1n) is 10.5. The summed E-state index contributed by atoms with van der Waals surface area (Å²) in [7, 11) is 0. The van der Waals surface area contributed by atoms with Crippen molar-refractivity contribution in [2.24, 2.45) is 5.92 Å². The SMILES string of the molecule is CCNc1nc(C)c(C#Cc2ccc(OCC)nc2)c(NC2CC3C(O)C3(O)C2O)n1. The third-order valence-electron chi connectivity index (χ3n) is 5.81. The highest BCUT2D eigenvalue weighted by atomic mass is 16.5. The third-order valence-corrected chi connectivity index (χ3v) is 5.81. The third kappa shape index (κ3) is 3.90. The second-order valence-corrected chi connectivity index (χ2v) is 7.82. The molecule has 0 radical (unpaired) electrons. The Morgan fingerprint density at radius 2 is 2.00 bits per heavy atom. The van der Waals surface area contributed by atoms with Crippen LogP contribution in [0.3, 0.4) is 0 Å². The second kappa shape index (κ2) is 8.30. The van der Waals surface area contributed by atoms with E-state index in [0.717, 1.165) is 0 Å². The fourth-order valence-electron chi connectivity index (χ4n) is 4.08. The number of rotatable bonds is 6. The fourth-order valence-corrected chi connectivity index (χ4v) is 4.08. The molecule has 2 aliphatic rings. The zero-order valence-electron chi connectivity index (χ0n) is 17.8. The van der Waals surface area contributed by atoms with Gasteiger partial charge < -0.3 is 30.7 Å². The molecule has 4 rings (SSSR count). The van der Waals surface area contributed by atoms with Crippen molar-refractivity contribution in [1.82, 2.24) is 15.0 Å². The van der Waals surface area contributed by atoms with Gasteiger partial charge in [-0.15, -0.1) is 0 Å². The molecular formula is C22H27N5O4. The lowest BCUT2D eigenvalue weighted by Gasteiger charge is -2.24. The van der Waals surface area contributed by atoms with E-state index in [9.17, 15) is 15.3 Å². The molecule has 0 aliphatic heterocycles. The van der Waals surface area contributed by atoms with Crippen LogP contribution in [0.15, 0.2) is 18.3 Å². The maximum atomic E-state index is 10.5. The summed E-state index contributed by atoms with van der Waals surface area (Å²) in [5, 5.41) is 37.0. The van der Waals surface area contributed by atoms with E-state index < -0.39 is 23.9 Å². The number of aliphatic hydroxyl groups excluding tert-OH is 2. The summed E-state index contributed by atoms with van der Waals surface area (Å²) < 4.78 is 5.35. The Bertz CT molecular complexity index is 1020. The molecule has 2 saturated carbocycles. The van der Waals surface area contributed by atoms with Crippen LogP contribution in [0.1, 0.15) is 37.1 Å². The first kappa shape index (κ1) is 21.3. The molecule has 2 aromatic heterocycles. The maximum Gasteiger partial charge on any atom is 0.224 e. The zero-order valence-corrected chi connectivity index (χ0v) is 17.8. The van der Waals surface area contributed by atoms with Gasteiger partial charge in [0, 0.05) is 30.3 Å². The van der Waals surface area contributed by atoms with E-state index in [4.69, 9.17) is 4.74 Å². The largest absolute Gasteiger partial charge is 0.478 e. The standard InChI is InChI=1S/C22H27N5O4/c1-4-23-21-25-12(3)14(8-6-13-7-9-17(24-11-13)31-5-2)20(27-21)26-16-10-15-18(28)22(15,30)19(16)29/h7,9,11,15-16,18-19,28-30H,4-5,10H2,1-3H3,(H2,23,25,26,27). The van der Waals surface area contributed by atoms with Crippen molar-refractivity contribution in [3.63, 3.8) is 0 Å². The van der Waals surface area contributed by atoms with E-state index >= 15 is 0 Å². The van der Waals surface area contributed by atoms with Gasteiger partial charge in [-0.25, -0.2) is 9.97 Å². The van der Waals surface area contributed by atoms with Gasteiger partial charge in [-0.3, -0.25) is 0 Å². The molecule has 2 aromatic rings. The van der Waals surface area contributed by atoms with Gasteiger partial charge in [0.2, 0.25) is 11.8 Å². The molecule has 0 amide bonds. The minimum absolute atomic E-state index is 0.333. The Morgan fingerprint density at radius 3 is 2.61 bits per heavy atom. The number of aryl methyl sites for hydroxylation is 1. The van der Waals surface area contributed by atoms with Crippen LogP contribution in [0.25, 0.3) is 0 Å². The van der Waals surface area contributed by atoms with Crippen LogP contribution >= 0.6 is 0 Å². The Kier molecular flexibility index (Phi) is 5.71. The summed E-state index contributed by atoms with van der Waals surface area (Å²) >= 11 is 0. The number of aliphatic hydroxyl groups is 3. The van der Waals surface area contributed by atoms with E-state index in [1.807, 2.05) is 26.8 Å². The van der Waals surface area contributed by atoms with Gasteiger partial charge in [-0.05, 0) is 33.3 Å². The molecule has 5 atom stereocenters. The van der Waals surface area contributed by atoms with Crippen molar-refractivity contribution in [3.8, 4) is 17.7 Å². The molecule has 31 heavy (non-hydrogen) atoms. The Morgan fingerprint density at radius 1 is 1.19 bits per heavy atom. The van der Waals surface area contributed by atoms with E-state index in [1.165, 1.54) is 0 Å². The highest BCUT2D eigenvalue weighted by Gasteiger charge is 2.74. The molecule has 5 N–H and O–H groups in total. The van der Waals surface area contributed by atoms with Crippen molar-refractivity contribution in [1.29, 1.82) is 0 Å². The summed E-state index contributed by atoms with van der Waals surface area (Å²) in [5.74, 6) is 7.31. The average molecular weight is 425 g/mol. The molecule has 5 unspecified atom stereocenters. The number of anilines is 2. The van der Waals surface area contributed by atoms with Crippen LogP contribution in [0.4, 0.5) is 11.8 Å². The highest BCUT2D eigenvalue weighted by molar-refractivity contribution is 5.61. The molecule has 0 spiro atoms. The lowest BCUT2D eigenvalue weighted by atomic mass is 10.1. The Hall–Kier alpha value is -2.93. The molecule has 164 valence electrons. The molecule has 9 nitrogen and oxygen atoms in total. The molecule has 0 saturated heterocycles. The molecule has 2 fully saturated rings. The lowest BCUT2D eigenvalue weighted by Crippen LogP contribution is -2.42. The van der Waals surface area contributed by atoms with Crippen LogP contribution in [0, 0.1) is 24.7 Å². The molecule has 9 heteroatoms. The molecular weight excluding hydrogens is 398 g/mol. The van der Waals surface area contributed by atoms with Gasteiger partial charge in [0.25, 0.3) is 0 Å². The summed E-state index contributed by atoms with van der Waals surface area (Å²) in [6, 6.07) is 3.14. The van der Waals surface area contributed by atoms with Gasteiger partial charge >= 0.3 is 0 Å². The predicted octanol–water partition coefficient (Wildman–Crippen LogP) is 0.677. The first-order valence-corrected chi connectivity index (χ1v) is 10.5. The van der Waals surface area contributed by atoms with Gasteiger partial charge in [0.05, 0.1) is 30.0 Å². The van der Waals surface area contributed by atoms with Gasteiger partial charge in [-0.1, -0.05) is 11.8 Å². The van der Waals surface area contributed by atoms with Crippen LogP contribution in [-0.2, 0) is 0 Å². The number of aromatic nitrogens is 3. The van der Waals surface area contributed by atoms with Crippen LogP contribution in [0.2, 0.25) is 0 Å². The Labute approximate surface area is 180 Å². The van der Waals surface area contributed by atoms with Gasteiger partial charge in [-0.2, -0.15) is 4.98 Å². The number of hydrogen-bond donors (Lipinski definition) is 5. The topological polar surface area (TPSA) is 133 Å².